The van der Waals surface area contributed by atoms with Crippen molar-refractivity contribution < 1.29 is 18.0 Å². The van der Waals surface area contributed by atoms with Crippen LogP contribution in [-0.2, 0) is 6.18 Å². The van der Waals surface area contributed by atoms with Gasteiger partial charge in [0.25, 0.3) is 5.91 Å². The van der Waals surface area contributed by atoms with E-state index in [1.54, 1.807) is 23.4 Å². The largest absolute Gasteiger partial charge is 0.416 e. The highest BCUT2D eigenvalue weighted by Crippen LogP contribution is 2.30. The van der Waals surface area contributed by atoms with Crippen molar-refractivity contribution >= 4 is 5.91 Å². The number of aromatic nitrogens is 1. The number of alkyl halides is 3. The molecular weight excluding hydrogens is 319 g/mol. The number of halogens is 3. The number of pyridine rings is 1. The first-order valence-electron chi connectivity index (χ1n) is 7.55. The van der Waals surface area contributed by atoms with E-state index in [4.69, 9.17) is 0 Å². The lowest BCUT2D eigenvalue weighted by Gasteiger charge is -2.36. The van der Waals surface area contributed by atoms with E-state index in [1.807, 2.05) is 6.07 Å². The van der Waals surface area contributed by atoms with Gasteiger partial charge in [0.05, 0.1) is 11.6 Å². The Balaban J connectivity index is 1.90. The normalized spacial score (nSPS) is 18.5. The van der Waals surface area contributed by atoms with Crippen molar-refractivity contribution in [2.45, 2.75) is 12.2 Å². The number of rotatable bonds is 2. The third-order valence-corrected chi connectivity index (χ3v) is 4.01. The fraction of sp³-hybridized carbons (Fsp3) is 0.294. The molecule has 1 saturated heterocycles. The number of hydrogen-bond donors (Lipinski definition) is 1. The molecule has 1 aromatic carbocycles. The maximum atomic E-state index is 12.9. The topological polar surface area (TPSA) is 45.2 Å². The van der Waals surface area contributed by atoms with Gasteiger partial charge in [-0.1, -0.05) is 12.1 Å². The molecule has 0 aliphatic carbocycles. The Bertz CT molecular complexity index is 719. The minimum absolute atomic E-state index is 0.0422. The molecule has 1 aliphatic heterocycles. The van der Waals surface area contributed by atoms with Gasteiger partial charge in [-0.05, 0) is 29.8 Å². The van der Waals surface area contributed by atoms with E-state index in [1.165, 1.54) is 12.1 Å². The highest BCUT2D eigenvalue weighted by Gasteiger charge is 2.33. The summed E-state index contributed by atoms with van der Waals surface area (Å²) in [5.41, 5.74) is 0.0760. The summed E-state index contributed by atoms with van der Waals surface area (Å²) in [6.07, 6.45) is -1.16. The summed E-state index contributed by atoms with van der Waals surface area (Å²) in [4.78, 5) is 18.4. The van der Waals surface area contributed by atoms with Crippen LogP contribution in [0.2, 0.25) is 0 Å². The van der Waals surface area contributed by atoms with Crippen molar-refractivity contribution in [3.8, 4) is 0 Å². The molecule has 1 N–H and O–H groups in total. The third-order valence-electron chi connectivity index (χ3n) is 4.01. The maximum Gasteiger partial charge on any atom is 0.416 e. The van der Waals surface area contributed by atoms with Crippen molar-refractivity contribution in [3.63, 3.8) is 0 Å². The Morgan fingerprint density at radius 2 is 2.08 bits per heavy atom. The molecule has 24 heavy (non-hydrogen) atoms. The van der Waals surface area contributed by atoms with Crippen LogP contribution in [0.15, 0.2) is 48.8 Å². The second kappa shape index (κ2) is 6.60. The Hall–Kier alpha value is -2.41. The zero-order valence-corrected chi connectivity index (χ0v) is 12.8. The van der Waals surface area contributed by atoms with Gasteiger partial charge in [-0.25, -0.2) is 0 Å². The highest BCUT2D eigenvalue weighted by atomic mass is 19.4. The van der Waals surface area contributed by atoms with Crippen LogP contribution in [0.1, 0.15) is 27.5 Å². The molecular formula is C17H16F3N3O. The number of nitrogens with zero attached hydrogens (tertiary/aromatic N) is 2. The van der Waals surface area contributed by atoms with Gasteiger partial charge >= 0.3 is 6.18 Å². The van der Waals surface area contributed by atoms with Crippen molar-refractivity contribution in [1.29, 1.82) is 0 Å². The number of amides is 1. The predicted octanol–water partition coefficient (Wildman–Crippen LogP) is 2.89. The van der Waals surface area contributed by atoms with Crippen LogP contribution >= 0.6 is 0 Å². The van der Waals surface area contributed by atoms with Crippen LogP contribution < -0.4 is 5.32 Å². The van der Waals surface area contributed by atoms with Gasteiger partial charge in [0.1, 0.15) is 0 Å². The number of hydrogen-bond acceptors (Lipinski definition) is 3. The van der Waals surface area contributed by atoms with Crippen molar-refractivity contribution in [1.82, 2.24) is 15.2 Å². The van der Waals surface area contributed by atoms with E-state index in [0.717, 1.165) is 17.7 Å². The number of carbonyl (C=O) groups excluding carboxylic acids is 1. The summed E-state index contributed by atoms with van der Waals surface area (Å²) in [5, 5.41) is 3.20. The maximum absolute atomic E-state index is 12.9. The quantitative estimate of drug-likeness (QED) is 0.918. The molecule has 1 fully saturated rings. The minimum atomic E-state index is -4.47. The molecule has 4 nitrogen and oxygen atoms in total. The van der Waals surface area contributed by atoms with Crippen molar-refractivity contribution in [2.75, 3.05) is 19.6 Å². The Morgan fingerprint density at radius 1 is 1.25 bits per heavy atom. The standard InChI is InChI=1S/C17H16F3N3O/c18-17(19,20)14-5-1-3-12(9-14)16(24)23-8-7-22-11-15(23)13-4-2-6-21-10-13/h1-6,9-10,15,22H,7-8,11H2. The summed E-state index contributed by atoms with van der Waals surface area (Å²) >= 11 is 0. The SMILES string of the molecule is O=C(c1cccc(C(F)(F)F)c1)N1CCNCC1c1cccnc1. The first-order chi connectivity index (χ1) is 11.5. The van der Waals surface area contributed by atoms with E-state index >= 15 is 0 Å². The first kappa shape index (κ1) is 16.4. The molecule has 3 rings (SSSR count). The van der Waals surface area contributed by atoms with E-state index in [2.05, 4.69) is 10.3 Å². The molecule has 7 heteroatoms. The van der Waals surface area contributed by atoms with Crippen molar-refractivity contribution in [3.05, 3.63) is 65.5 Å². The lowest BCUT2D eigenvalue weighted by atomic mass is 10.0. The lowest BCUT2D eigenvalue weighted by Crippen LogP contribution is -2.48. The lowest BCUT2D eigenvalue weighted by molar-refractivity contribution is -0.137. The van der Waals surface area contributed by atoms with Gasteiger partial charge in [0.15, 0.2) is 0 Å². The molecule has 2 aromatic rings. The summed E-state index contributed by atoms with van der Waals surface area (Å²) in [6, 6.07) is 7.93. The smallest absolute Gasteiger partial charge is 0.329 e. The van der Waals surface area contributed by atoms with Gasteiger partial charge < -0.3 is 10.2 Å². The second-order valence-electron chi connectivity index (χ2n) is 5.58. The number of carbonyl (C=O) groups is 1. The molecule has 126 valence electrons. The third kappa shape index (κ3) is 3.41. The molecule has 0 bridgehead atoms. The fourth-order valence-corrected chi connectivity index (χ4v) is 2.81. The number of piperazine rings is 1. The van der Waals surface area contributed by atoms with Gasteiger partial charge in [0, 0.05) is 37.6 Å². The minimum Gasteiger partial charge on any atom is -0.329 e. The number of benzene rings is 1. The molecule has 1 aliphatic rings. The van der Waals surface area contributed by atoms with Crippen LogP contribution in [0.25, 0.3) is 0 Å². The molecule has 1 atom stereocenters. The molecule has 1 aromatic heterocycles. The average Bonchev–Trinajstić information content (AvgIpc) is 2.61. The number of nitrogens with one attached hydrogen (secondary N) is 1. The van der Waals surface area contributed by atoms with E-state index in [9.17, 15) is 18.0 Å². The monoisotopic (exact) mass is 335 g/mol. The summed E-state index contributed by atoms with van der Waals surface area (Å²) in [6.45, 7) is 1.56. The zero-order chi connectivity index (χ0) is 17.2. The van der Waals surface area contributed by atoms with Crippen LogP contribution in [0, 0.1) is 0 Å². The second-order valence-corrected chi connectivity index (χ2v) is 5.58. The van der Waals surface area contributed by atoms with Crippen LogP contribution in [0.5, 0.6) is 0 Å². The van der Waals surface area contributed by atoms with Gasteiger partial charge in [-0.15, -0.1) is 0 Å². The fourth-order valence-electron chi connectivity index (χ4n) is 2.81. The summed E-state index contributed by atoms with van der Waals surface area (Å²) in [5.74, 6) is -0.406. The molecule has 0 saturated carbocycles. The van der Waals surface area contributed by atoms with E-state index in [-0.39, 0.29) is 11.6 Å². The highest BCUT2D eigenvalue weighted by molar-refractivity contribution is 5.94. The molecule has 2 heterocycles. The molecule has 1 unspecified atom stereocenters. The van der Waals surface area contributed by atoms with Gasteiger partial charge in [-0.2, -0.15) is 13.2 Å². The first-order valence-corrected chi connectivity index (χ1v) is 7.55. The molecule has 0 radical (unpaired) electrons. The predicted molar refractivity (Wildman–Crippen MR) is 82.3 cm³/mol. The zero-order valence-electron chi connectivity index (χ0n) is 12.8. The summed E-state index contributed by atoms with van der Waals surface area (Å²) in [7, 11) is 0. The average molecular weight is 335 g/mol. The van der Waals surface area contributed by atoms with Gasteiger partial charge in [0.2, 0.25) is 0 Å². The van der Waals surface area contributed by atoms with E-state index in [0.29, 0.717) is 19.6 Å². The van der Waals surface area contributed by atoms with E-state index < -0.39 is 17.6 Å². The van der Waals surface area contributed by atoms with Crippen molar-refractivity contribution in [2.24, 2.45) is 0 Å². The molecule has 1 amide bonds. The Kier molecular flexibility index (Phi) is 4.53. The van der Waals surface area contributed by atoms with Gasteiger partial charge in [-0.3, -0.25) is 9.78 Å². The summed E-state index contributed by atoms with van der Waals surface area (Å²) < 4.78 is 38.6. The Morgan fingerprint density at radius 3 is 2.79 bits per heavy atom. The van der Waals surface area contributed by atoms with Crippen LogP contribution in [-0.4, -0.2) is 35.4 Å². The molecule has 0 spiro atoms. The van der Waals surface area contributed by atoms with Crippen LogP contribution in [0.3, 0.4) is 0 Å². The van der Waals surface area contributed by atoms with Crippen LogP contribution in [0.4, 0.5) is 13.2 Å². The Labute approximate surface area is 137 Å².